The highest BCUT2D eigenvalue weighted by molar-refractivity contribution is 5.77. The third-order valence-electron chi connectivity index (χ3n) is 4.47. The van der Waals surface area contributed by atoms with Gasteiger partial charge in [-0.1, -0.05) is 24.3 Å². The van der Waals surface area contributed by atoms with E-state index in [9.17, 15) is 4.79 Å². The molecule has 0 spiro atoms. The first kappa shape index (κ1) is 19.0. The number of fused-ring (bicyclic) bond motifs is 1. The van der Waals surface area contributed by atoms with Gasteiger partial charge in [0.1, 0.15) is 5.75 Å². The van der Waals surface area contributed by atoms with Crippen LogP contribution in [-0.2, 0) is 11.3 Å². The van der Waals surface area contributed by atoms with Gasteiger partial charge in [-0.3, -0.25) is 4.79 Å². The van der Waals surface area contributed by atoms with Gasteiger partial charge in [0.15, 0.2) is 18.1 Å². The lowest BCUT2D eigenvalue weighted by Crippen LogP contribution is -2.28. The zero-order chi connectivity index (χ0) is 19.1. The van der Waals surface area contributed by atoms with Gasteiger partial charge >= 0.3 is 0 Å². The van der Waals surface area contributed by atoms with Crippen LogP contribution in [0.25, 0.3) is 0 Å². The number of carbonyl (C=O) groups excluding carboxylic acids is 1. The molecule has 1 heterocycles. The minimum atomic E-state index is -0.150. The molecule has 27 heavy (non-hydrogen) atoms. The highest BCUT2D eigenvalue weighted by Gasteiger charge is 2.20. The summed E-state index contributed by atoms with van der Waals surface area (Å²) in [6.07, 6.45) is 0.932. The second-order valence-corrected chi connectivity index (χ2v) is 6.34. The Balaban J connectivity index is 1.62. The quantitative estimate of drug-likeness (QED) is 0.748. The summed E-state index contributed by atoms with van der Waals surface area (Å²) in [7, 11) is 1.60. The van der Waals surface area contributed by atoms with Gasteiger partial charge in [0.2, 0.25) is 0 Å². The molecule has 144 valence electrons. The molecule has 1 amide bonds. The molecule has 0 bridgehead atoms. The highest BCUT2D eigenvalue weighted by Crippen LogP contribution is 2.32. The number of amides is 1. The van der Waals surface area contributed by atoms with E-state index in [1.54, 1.807) is 7.11 Å². The Bertz CT molecular complexity index is 779. The number of methoxy groups -OCH3 is 1. The van der Waals surface area contributed by atoms with E-state index in [1.807, 2.05) is 43.3 Å². The van der Waals surface area contributed by atoms with E-state index in [0.29, 0.717) is 31.2 Å². The summed E-state index contributed by atoms with van der Waals surface area (Å²) < 4.78 is 16.7. The van der Waals surface area contributed by atoms with Crippen molar-refractivity contribution in [2.24, 2.45) is 0 Å². The van der Waals surface area contributed by atoms with Crippen LogP contribution < -0.4 is 24.8 Å². The van der Waals surface area contributed by atoms with Gasteiger partial charge in [0.05, 0.1) is 13.7 Å². The Labute approximate surface area is 159 Å². The van der Waals surface area contributed by atoms with E-state index in [4.69, 9.17) is 14.2 Å². The molecular formula is C21H26N2O4. The van der Waals surface area contributed by atoms with Crippen molar-refractivity contribution in [3.63, 3.8) is 0 Å². The molecule has 0 fully saturated rings. The molecule has 6 heteroatoms. The topological polar surface area (TPSA) is 68.8 Å². The Morgan fingerprint density at radius 2 is 2.07 bits per heavy atom. The molecule has 2 aromatic rings. The first-order chi connectivity index (χ1) is 13.2. The SMILES string of the molecule is CCNC(=O)COc1ccc(CNC2CCOc3ccccc32)cc1OC. The maximum atomic E-state index is 11.6. The van der Waals surface area contributed by atoms with Gasteiger partial charge in [0.25, 0.3) is 5.91 Å². The number of benzene rings is 2. The molecule has 0 aliphatic carbocycles. The molecule has 0 saturated heterocycles. The molecular weight excluding hydrogens is 344 g/mol. The molecule has 3 rings (SSSR count). The fraction of sp³-hybridized carbons (Fsp3) is 0.381. The van der Waals surface area contributed by atoms with Crippen LogP contribution in [-0.4, -0.2) is 32.8 Å². The van der Waals surface area contributed by atoms with Crippen molar-refractivity contribution in [3.05, 3.63) is 53.6 Å². The molecule has 6 nitrogen and oxygen atoms in total. The summed E-state index contributed by atoms with van der Waals surface area (Å²) in [6, 6.07) is 14.1. The summed E-state index contributed by atoms with van der Waals surface area (Å²) in [5.41, 5.74) is 2.28. The summed E-state index contributed by atoms with van der Waals surface area (Å²) in [5, 5.41) is 6.30. The molecule has 0 radical (unpaired) electrons. The average Bonchev–Trinajstić information content (AvgIpc) is 2.71. The fourth-order valence-corrected chi connectivity index (χ4v) is 3.13. The number of para-hydroxylation sites is 1. The van der Waals surface area contributed by atoms with E-state index < -0.39 is 0 Å². The van der Waals surface area contributed by atoms with Crippen molar-refractivity contribution in [1.82, 2.24) is 10.6 Å². The first-order valence-electron chi connectivity index (χ1n) is 9.22. The van der Waals surface area contributed by atoms with Gasteiger partial charge in [-0.05, 0) is 30.7 Å². The third-order valence-corrected chi connectivity index (χ3v) is 4.47. The Morgan fingerprint density at radius 3 is 2.89 bits per heavy atom. The molecule has 2 N–H and O–H groups in total. The lowest BCUT2D eigenvalue weighted by molar-refractivity contribution is -0.123. The van der Waals surface area contributed by atoms with Gasteiger partial charge in [-0.25, -0.2) is 0 Å². The third kappa shape index (κ3) is 4.92. The number of nitrogens with one attached hydrogen (secondary N) is 2. The van der Waals surface area contributed by atoms with Gasteiger partial charge < -0.3 is 24.8 Å². The number of carbonyl (C=O) groups is 1. The van der Waals surface area contributed by atoms with Gasteiger partial charge in [0, 0.05) is 31.1 Å². The molecule has 1 unspecified atom stereocenters. The minimum Gasteiger partial charge on any atom is -0.493 e. The van der Waals surface area contributed by atoms with Crippen molar-refractivity contribution in [1.29, 1.82) is 0 Å². The molecule has 0 aromatic heterocycles. The van der Waals surface area contributed by atoms with Crippen molar-refractivity contribution in [2.75, 3.05) is 26.9 Å². The highest BCUT2D eigenvalue weighted by atomic mass is 16.5. The van der Waals surface area contributed by atoms with Crippen LogP contribution in [0.5, 0.6) is 17.2 Å². The number of likely N-dealkylation sites (N-methyl/N-ethyl adjacent to an activating group) is 1. The lowest BCUT2D eigenvalue weighted by atomic mass is 10.0. The predicted molar refractivity (Wildman–Crippen MR) is 103 cm³/mol. The number of rotatable bonds is 8. The molecule has 1 aliphatic heterocycles. The normalized spacial score (nSPS) is 15.4. The van der Waals surface area contributed by atoms with Crippen LogP contribution >= 0.6 is 0 Å². The van der Waals surface area contributed by atoms with Gasteiger partial charge in [-0.15, -0.1) is 0 Å². The second kappa shape index (κ2) is 9.28. The van der Waals surface area contributed by atoms with E-state index in [2.05, 4.69) is 16.7 Å². The van der Waals surface area contributed by atoms with Crippen LogP contribution in [0.2, 0.25) is 0 Å². The molecule has 0 saturated carbocycles. The van der Waals surface area contributed by atoms with E-state index in [0.717, 1.165) is 17.7 Å². The van der Waals surface area contributed by atoms with Crippen molar-refractivity contribution in [2.45, 2.75) is 25.9 Å². The summed E-state index contributed by atoms with van der Waals surface area (Å²) >= 11 is 0. The largest absolute Gasteiger partial charge is 0.493 e. The Morgan fingerprint density at radius 1 is 1.22 bits per heavy atom. The monoisotopic (exact) mass is 370 g/mol. The maximum absolute atomic E-state index is 11.6. The van der Waals surface area contributed by atoms with Crippen LogP contribution in [0.3, 0.4) is 0 Å². The number of hydrogen-bond donors (Lipinski definition) is 2. The summed E-state index contributed by atoms with van der Waals surface area (Å²) in [6.45, 7) is 3.84. The zero-order valence-electron chi connectivity index (χ0n) is 15.8. The predicted octanol–water partition coefficient (Wildman–Crippen LogP) is 2.82. The average molecular weight is 370 g/mol. The molecule has 2 aromatic carbocycles. The fourth-order valence-electron chi connectivity index (χ4n) is 3.13. The van der Waals surface area contributed by atoms with E-state index in [-0.39, 0.29) is 18.6 Å². The summed E-state index contributed by atoms with van der Waals surface area (Å²) in [5.74, 6) is 1.98. The second-order valence-electron chi connectivity index (χ2n) is 6.34. The van der Waals surface area contributed by atoms with Crippen molar-refractivity contribution >= 4 is 5.91 Å². The molecule has 1 aliphatic rings. The standard InChI is InChI=1S/C21H26N2O4/c1-3-22-21(24)14-27-19-9-8-15(12-20(19)25-2)13-23-17-10-11-26-18-7-5-4-6-16(17)18/h4-9,12,17,23H,3,10-11,13-14H2,1-2H3,(H,22,24). The minimum absolute atomic E-state index is 0.0271. The maximum Gasteiger partial charge on any atom is 0.257 e. The Hall–Kier alpha value is -2.73. The zero-order valence-corrected chi connectivity index (χ0v) is 15.8. The van der Waals surface area contributed by atoms with Crippen LogP contribution in [0.4, 0.5) is 0 Å². The van der Waals surface area contributed by atoms with Crippen LogP contribution in [0.15, 0.2) is 42.5 Å². The lowest BCUT2D eigenvalue weighted by Gasteiger charge is -2.27. The van der Waals surface area contributed by atoms with Crippen LogP contribution in [0, 0.1) is 0 Å². The Kier molecular flexibility index (Phi) is 6.54. The van der Waals surface area contributed by atoms with Gasteiger partial charge in [-0.2, -0.15) is 0 Å². The van der Waals surface area contributed by atoms with Crippen molar-refractivity contribution < 1.29 is 19.0 Å². The smallest absolute Gasteiger partial charge is 0.257 e. The number of hydrogen-bond acceptors (Lipinski definition) is 5. The molecule has 1 atom stereocenters. The first-order valence-corrected chi connectivity index (χ1v) is 9.22. The van der Waals surface area contributed by atoms with E-state index in [1.165, 1.54) is 5.56 Å². The van der Waals surface area contributed by atoms with Crippen molar-refractivity contribution in [3.8, 4) is 17.2 Å². The summed E-state index contributed by atoms with van der Waals surface area (Å²) in [4.78, 5) is 11.6. The van der Waals surface area contributed by atoms with Crippen LogP contribution in [0.1, 0.15) is 30.5 Å². The van der Waals surface area contributed by atoms with E-state index >= 15 is 0 Å². The number of ether oxygens (including phenoxy) is 3.